The van der Waals surface area contributed by atoms with Gasteiger partial charge in [-0.2, -0.15) is 0 Å². The second-order valence-corrected chi connectivity index (χ2v) is 6.14. The van der Waals surface area contributed by atoms with Crippen LogP contribution in [-0.4, -0.2) is 23.7 Å². The van der Waals surface area contributed by atoms with E-state index in [-0.39, 0.29) is 5.91 Å². The lowest BCUT2D eigenvalue weighted by molar-refractivity contribution is -0.114. The van der Waals surface area contributed by atoms with Crippen LogP contribution in [0.15, 0.2) is 58.6 Å². The van der Waals surface area contributed by atoms with E-state index in [9.17, 15) is 4.79 Å². The molecule has 0 saturated carbocycles. The van der Waals surface area contributed by atoms with E-state index in [1.54, 1.807) is 14.0 Å². The van der Waals surface area contributed by atoms with Crippen LogP contribution in [0, 0.1) is 0 Å². The molecular formula is C20H27N5O. The lowest BCUT2D eigenvalue weighted by Crippen LogP contribution is -2.37. The number of nitrogens with zero attached hydrogens (tertiary/aromatic N) is 1. The molecule has 0 aliphatic rings. The summed E-state index contributed by atoms with van der Waals surface area (Å²) in [4.78, 5) is 19.8. The van der Waals surface area contributed by atoms with Crippen molar-refractivity contribution in [1.29, 1.82) is 0 Å². The number of H-pyrrole nitrogens is 1. The average molecular weight is 353 g/mol. The number of aromatic amines is 1. The number of fused-ring (bicyclic) bond motifs is 1. The fourth-order valence-electron chi connectivity index (χ4n) is 2.59. The summed E-state index contributed by atoms with van der Waals surface area (Å²) in [5.74, 6) is 0.431. The SMILES string of the molecule is CCC(C)=C(NCc1ccc2[nH]ccc2c1)NC(=O)C(=NC)/C(C)=C\N. The van der Waals surface area contributed by atoms with Crippen LogP contribution in [0.2, 0.25) is 0 Å². The van der Waals surface area contributed by atoms with E-state index in [2.05, 4.69) is 45.7 Å². The third kappa shape index (κ3) is 4.53. The molecule has 1 aromatic heterocycles. The fourth-order valence-corrected chi connectivity index (χ4v) is 2.59. The fraction of sp³-hybridized carbons (Fsp3) is 0.300. The highest BCUT2D eigenvalue weighted by Crippen LogP contribution is 2.14. The molecule has 1 heterocycles. The van der Waals surface area contributed by atoms with Crippen molar-refractivity contribution in [3.63, 3.8) is 0 Å². The van der Waals surface area contributed by atoms with E-state index >= 15 is 0 Å². The van der Waals surface area contributed by atoms with Gasteiger partial charge >= 0.3 is 0 Å². The number of hydrogen-bond acceptors (Lipinski definition) is 4. The minimum absolute atomic E-state index is 0.275. The molecule has 0 unspecified atom stereocenters. The van der Waals surface area contributed by atoms with Gasteiger partial charge in [-0.05, 0) is 66.8 Å². The van der Waals surface area contributed by atoms with Gasteiger partial charge in [0.2, 0.25) is 0 Å². The third-order valence-corrected chi connectivity index (χ3v) is 4.34. The molecule has 0 saturated heterocycles. The first-order valence-corrected chi connectivity index (χ1v) is 8.66. The van der Waals surface area contributed by atoms with Crippen molar-refractivity contribution < 1.29 is 4.79 Å². The summed E-state index contributed by atoms with van der Waals surface area (Å²) in [5, 5.41) is 7.44. The number of nitrogens with one attached hydrogen (secondary N) is 3. The average Bonchev–Trinajstić information content (AvgIpc) is 3.12. The lowest BCUT2D eigenvalue weighted by atomic mass is 10.1. The van der Waals surface area contributed by atoms with Crippen molar-refractivity contribution in [3.8, 4) is 0 Å². The molecule has 138 valence electrons. The van der Waals surface area contributed by atoms with E-state index in [4.69, 9.17) is 5.73 Å². The highest BCUT2D eigenvalue weighted by molar-refractivity contribution is 6.45. The Bertz CT molecular complexity index is 873. The van der Waals surface area contributed by atoms with Crippen molar-refractivity contribution in [2.75, 3.05) is 7.05 Å². The van der Waals surface area contributed by atoms with Crippen molar-refractivity contribution in [2.45, 2.75) is 33.7 Å². The molecule has 26 heavy (non-hydrogen) atoms. The van der Waals surface area contributed by atoms with Crippen molar-refractivity contribution in [1.82, 2.24) is 15.6 Å². The molecule has 2 aromatic rings. The molecule has 5 N–H and O–H groups in total. The Morgan fingerprint density at radius 1 is 1.31 bits per heavy atom. The maximum absolute atomic E-state index is 12.5. The van der Waals surface area contributed by atoms with Gasteiger partial charge in [0, 0.05) is 25.3 Å². The molecule has 6 heteroatoms. The van der Waals surface area contributed by atoms with E-state index in [0.717, 1.165) is 28.5 Å². The smallest absolute Gasteiger partial charge is 0.275 e. The van der Waals surface area contributed by atoms with Gasteiger partial charge in [0.15, 0.2) is 0 Å². The first kappa shape index (κ1) is 19.3. The van der Waals surface area contributed by atoms with Gasteiger partial charge in [-0.15, -0.1) is 0 Å². The number of aliphatic imine (C=N–C) groups is 1. The Balaban J connectivity index is 2.14. The third-order valence-electron chi connectivity index (χ3n) is 4.34. The number of aromatic nitrogens is 1. The summed E-state index contributed by atoms with van der Waals surface area (Å²) in [6.45, 7) is 6.41. The normalized spacial score (nSPS) is 13.5. The minimum atomic E-state index is -0.275. The molecule has 0 fully saturated rings. The quantitative estimate of drug-likeness (QED) is 0.576. The summed E-state index contributed by atoms with van der Waals surface area (Å²) < 4.78 is 0. The molecule has 0 aliphatic carbocycles. The van der Waals surface area contributed by atoms with Gasteiger partial charge in [0.1, 0.15) is 11.5 Å². The largest absolute Gasteiger partial charge is 0.404 e. The van der Waals surface area contributed by atoms with Crippen LogP contribution in [0.1, 0.15) is 32.8 Å². The summed E-state index contributed by atoms with van der Waals surface area (Å²) in [6.07, 6.45) is 4.13. The zero-order chi connectivity index (χ0) is 19.1. The van der Waals surface area contributed by atoms with Crippen LogP contribution in [0.4, 0.5) is 0 Å². The van der Waals surface area contributed by atoms with Crippen LogP contribution in [0.25, 0.3) is 10.9 Å². The first-order valence-electron chi connectivity index (χ1n) is 8.66. The van der Waals surface area contributed by atoms with Gasteiger partial charge < -0.3 is 21.4 Å². The van der Waals surface area contributed by atoms with Crippen LogP contribution in [0.3, 0.4) is 0 Å². The van der Waals surface area contributed by atoms with Gasteiger partial charge in [-0.1, -0.05) is 13.0 Å². The zero-order valence-corrected chi connectivity index (χ0v) is 15.8. The molecule has 0 spiro atoms. The predicted molar refractivity (Wildman–Crippen MR) is 108 cm³/mol. The summed E-state index contributed by atoms with van der Waals surface area (Å²) in [5.41, 5.74) is 9.78. The summed E-state index contributed by atoms with van der Waals surface area (Å²) in [6, 6.07) is 8.28. The summed E-state index contributed by atoms with van der Waals surface area (Å²) >= 11 is 0. The monoisotopic (exact) mass is 353 g/mol. The number of carbonyl (C=O) groups excluding carboxylic acids is 1. The molecule has 0 aliphatic heterocycles. The minimum Gasteiger partial charge on any atom is -0.404 e. The van der Waals surface area contributed by atoms with Crippen molar-refractivity contribution in [3.05, 3.63) is 59.2 Å². The van der Waals surface area contributed by atoms with Crippen LogP contribution < -0.4 is 16.4 Å². The topological polar surface area (TPSA) is 95.3 Å². The lowest BCUT2D eigenvalue weighted by Gasteiger charge is -2.16. The maximum atomic E-state index is 12.5. The standard InChI is InChI=1S/C20H27N5O/c1-5-13(2)19(25-20(26)18(22-4)14(3)11-21)24-12-15-6-7-17-16(10-15)8-9-23-17/h6-11,23-24H,5,12,21H2,1-4H3,(H,25,26)/b14-11-,19-13?,22-18?. The molecule has 6 nitrogen and oxygen atoms in total. The predicted octanol–water partition coefficient (Wildman–Crippen LogP) is 2.95. The Morgan fingerprint density at radius 3 is 2.73 bits per heavy atom. The highest BCUT2D eigenvalue weighted by atomic mass is 16.2. The van der Waals surface area contributed by atoms with Gasteiger partial charge in [-0.25, -0.2) is 0 Å². The van der Waals surface area contributed by atoms with Crippen LogP contribution in [0.5, 0.6) is 0 Å². The number of nitrogens with two attached hydrogens (primary N) is 1. The highest BCUT2D eigenvalue weighted by Gasteiger charge is 2.15. The second kappa shape index (κ2) is 8.89. The number of rotatable bonds is 7. The number of benzene rings is 1. The van der Waals surface area contributed by atoms with E-state index < -0.39 is 0 Å². The maximum Gasteiger partial charge on any atom is 0.275 e. The second-order valence-electron chi connectivity index (χ2n) is 6.14. The Hall–Kier alpha value is -3.02. The Morgan fingerprint density at radius 2 is 2.08 bits per heavy atom. The van der Waals surface area contributed by atoms with Gasteiger partial charge in [0.05, 0.1) is 0 Å². The zero-order valence-electron chi connectivity index (χ0n) is 15.8. The first-order chi connectivity index (χ1) is 12.5. The molecule has 0 radical (unpaired) electrons. The van der Waals surface area contributed by atoms with E-state index in [0.29, 0.717) is 23.7 Å². The number of hydrogen-bond donors (Lipinski definition) is 4. The van der Waals surface area contributed by atoms with Gasteiger partial charge in [0.25, 0.3) is 5.91 Å². The van der Waals surface area contributed by atoms with E-state index in [1.807, 2.05) is 19.2 Å². The van der Waals surface area contributed by atoms with Gasteiger partial charge in [-0.3, -0.25) is 9.79 Å². The van der Waals surface area contributed by atoms with Crippen molar-refractivity contribution >= 4 is 22.5 Å². The van der Waals surface area contributed by atoms with E-state index in [1.165, 1.54) is 6.20 Å². The molecule has 0 bridgehead atoms. The number of allylic oxidation sites excluding steroid dienone is 1. The number of amides is 1. The molecular weight excluding hydrogens is 326 g/mol. The van der Waals surface area contributed by atoms with Crippen LogP contribution >= 0.6 is 0 Å². The number of carbonyl (C=O) groups is 1. The Labute approximate surface area is 154 Å². The van der Waals surface area contributed by atoms with Crippen molar-refractivity contribution in [2.24, 2.45) is 10.7 Å². The molecule has 0 atom stereocenters. The summed E-state index contributed by atoms with van der Waals surface area (Å²) in [7, 11) is 1.58. The molecule has 2 rings (SSSR count). The molecule has 1 aromatic carbocycles. The Kier molecular flexibility index (Phi) is 6.60. The molecule has 1 amide bonds. The van der Waals surface area contributed by atoms with Crippen LogP contribution in [-0.2, 0) is 11.3 Å².